The number of hydrogen-bond acceptors (Lipinski definition) is 7. The number of amides is 2. The van der Waals surface area contributed by atoms with Gasteiger partial charge in [-0.2, -0.15) is 31.4 Å². The van der Waals surface area contributed by atoms with Crippen molar-refractivity contribution >= 4 is 35.6 Å². The van der Waals surface area contributed by atoms with Crippen molar-refractivity contribution < 1.29 is 55.2 Å². The first-order chi connectivity index (χ1) is 26.8. The van der Waals surface area contributed by atoms with Crippen molar-refractivity contribution in [2.75, 3.05) is 16.8 Å². The summed E-state index contributed by atoms with van der Waals surface area (Å²) in [6, 6.07) is 18.1. The lowest BCUT2D eigenvalue weighted by molar-refractivity contribution is -0.494. The van der Waals surface area contributed by atoms with Crippen LogP contribution in [-0.2, 0) is 40.9 Å². The highest BCUT2D eigenvalue weighted by Crippen LogP contribution is 2.51. The Morgan fingerprint density at radius 1 is 0.750 bits per heavy atom. The van der Waals surface area contributed by atoms with Crippen LogP contribution >= 0.6 is 0 Å². The van der Waals surface area contributed by atoms with Crippen molar-refractivity contribution in [2.24, 2.45) is 12.1 Å². The van der Waals surface area contributed by atoms with Gasteiger partial charge in [-0.3, -0.25) is 19.3 Å². The first-order valence-corrected chi connectivity index (χ1v) is 17.1. The van der Waals surface area contributed by atoms with Gasteiger partial charge in [0.15, 0.2) is 13.3 Å². The molecule has 5 aromatic rings. The Morgan fingerprint density at radius 3 is 1.70 bits per heavy atom. The quantitative estimate of drug-likeness (QED) is 0.134. The summed E-state index contributed by atoms with van der Waals surface area (Å²) in [4.78, 5) is 31.2. The number of aryl methyl sites for hydroxylation is 1. The molecule has 0 saturated heterocycles. The van der Waals surface area contributed by atoms with E-state index < -0.39 is 52.3 Å². The number of hydrogen-bond donors (Lipinski definition) is 2. The molecule has 3 aliphatic rings. The van der Waals surface area contributed by atoms with Crippen molar-refractivity contribution in [1.29, 1.82) is 0 Å². The molecule has 60 heavy (non-hydrogen) atoms. The van der Waals surface area contributed by atoms with Crippen LogP contribution < -0.4 is 9.80 Å². The van der Waals surface area contributed by atoms with E-state index in [-0.39, 0.29) is 63.8 Å². The SMILES string of the molecule is C.C.C.C[N+]1=CC(c2ccc(CN3C(=O)C(O)(C(F)(F)F)c4ccccc43)cn2)C=N1.Cn1cc(-c2ccc(CN3C(=O)C(O)(C(F)(F)F)c4ccccc43)cc2F)cn1. The molecule has 8 rings (SSSR count). The summed E-state index contributed by atoms with van der Waals surface area (Å²) in [6.07, 6.45) is -2.10. The van der Waals surface area contributed by atoms with Crippen LogP contribution in [0, 0.1) is 5.82 Å². The van der Waals surface area contributed by atoms with Gasteiger partial charge < -0.3 is 20.0 Å². The summed E-state index contributed by atoms with van der Waals surface area (Å²) >= 11 is 0. The van der Waals surface area contributed by atoms with Crippen LogP contribution in [-0.4, -0.2) is 73.3 Å². The number of carbonyl (C=O) groups excluding carboxylic acids is 2. The summed E-state index contributed by atoms with van der Waals surface area (Å²) in [7, 11) is 3.48. The predicted octanol–water partition coefficient (Wildman–Crippen LogP) is 7.61. The number of para-hydroxylation sites is 2. The molecule has 0 radical (unpaired) electrons. The van der Waals surface area contributed by atoms with Gasteiger partial charge in [-0.1, -0.05) is 81.6 Å². The van der Waals surface area contributed by atoms with E-state index in [0.717, 1.165) is 33.7 Å². The lowest BCUT2D eigenvalue weighted by Crippen LogP contribution is -2.50. The van der Waals surface area contributed by atoms with Crippen LogP contribution in [0.5, 0.6) is 0 Å². The van der Waals surface area contributed by atoms with Crippen molar-refractivity contribution in [3.8, 4) is 11.1 Å². The molecule has 2 aromatic heterocycles. The Kier molecular flexibility index (Phi) is 13.0. The van der Waals surface area contributed by atoms with Gasteiger partial charge in [-0.05, 0) is 40.5 Å². The van der Waals surface area contributed by atoms with Crippen LogP contribution in [0.2, 0.25) is 0 Å². The minimum absolute atomic E-state index is 0. The van der Waals surface area contributed by atoms with Crippen LogP contribution in [0.4, 0.5) is 42.1 Å². The van der Waals surface area contributed by atoms with Gasteiger partial charge in [-0.15, -0.1) is 0 Å². The number of fused-ring (bicyclic) bond motifs is 2. The second-order valence-electron chi connectivity index (χ2n) is 13.6. The molecule has 11 nitrogen and oxygen atoms in total. The van der Waals surface area contributed by atoms with Gasteiger partial charge in [0.05, 0.1) is 42.6 Å². The Balaban J connectivity index is 0.000000252. The van der Waals surface area contributed by atoms with Crippen LogP contribution in [0.25, 0.3) is 11.1 Å². The number of carbonyl (C=O) groups is 2. The van der Waals surface area contributed by atoms with E-state index in [4.69, 9.17) is 0 Å². The average molecular weight is 843 g/mol. The lowest BCUT2D eigenvalue weighted by Gasteiger charge is -2.25. The Bertz CT molecular complexity index is 2450. The Labute approximate surface area is 341 Å². The van der Waals surface area contributed by atoms with E-state index in [1.807, 2.05) is 6.21 Å². The van der Waals surface area contributed by atoms with Crippen molar-refractivity contribution in [3.05, 3.63) is 131 Å². The van der Waals surface area contributed by atoms with Gasteiger partial charge in [0.25, 0.3) is 23.0 Å². The first kappa shape index (κ1) is 46.4. The highest BCUT2D eigenvalue weighted by Gasteiger charge is 2.67. The molecule has 5 heterocycles. The monoisotopic (exact) mass is 842 g/mol. The van der Waals surface area contributed by atoms with Crippen LogP contribution in [0.1, 0.15) is 56.1 Å². The number of halogens is 7. The third-order valence-electron chi connectivity index (χ3n) is 9.80. The molecule has 3 aromatic carbocycles. The lowest BCUT2D eigenvalue weighted by atomic mass is 9.95. The zero-order valence-electron chi connectivity index (χ0n) is 29.9. The number of nitrogens with zero attached hydrogens (tertiary/aromatic N) is 7. The number of benzene rings is 3. The first-order valence-electron chi connectivity index (χ1n) is 17.1. The normalized spacial score (nSPS) is 20.3. The molecule has 318 valence electrons. The largest absolute Gasteiger partial charge is 0.430 e. The molecular formula is C42H43F7N7O4+. The summed E-state index contributed by atoms with van der Waals surface area (Å²) in [6.45, 7) is -0.456. The summed E-state index contributed by atoms with van der Waals surface area (Å²) in [5, 5.41) is 28.6. The average Bonchev–Trinajstić information content (AvgIpc) is 3.91. The van der Waals surface area contributed by atoms with E-state index >= 15 is 0 Å². The van der Waals surface area contributed by atoms with E-state index in [2.05, 4.69) is 15.2 Å². The van der Waals surface area contributed by atoms with Gasteiger partial charge >= 0.3 is 12.4 Å². The number of hydrazone groups is 1. The number of rotatable bonds is 6. The summed E-state index contributed by atoms with van der Waals surface area (Å²) < 4.78 is 98.9. The Hall–Kier alpha value is -6.27. The fourth-order valence-corrected chi connectivity index (χ4v) is 6.91. The van der Waals surface area contributed by atoms with Gasteiger partial charge in [0.1, 0.15) is 11.7 Å². The zero-order chi connectivity index (χ0) is 41.1. The molecule has 2 amide bonds. The number of aliphatic hydroxyl groups is 2. The van der Waals surface area contributed by atoms with E-state index in [1.165, 1.54) is 65.6 Å². The minimum Gasteiger partial charge on any atom is -0.368 e. The van der Waals surface area contributed by atoms with Gasteiger partial charge in [0, 0.05) is 41.7 Å². The molecule has 3 atom stereocenters. The summed E-state index contributed by atoms with van der Waals surface area (Å²) in [5.74, 6) is -3.60. The topological polar surface area (TPSA) is 127 Å². The molecular weight excluding hydrogens is 799 g/mol. The maximum Gasteiger partial charge on any atom is 0.430 e. The van der Waals surface area contributed by atoms with E-state index in [0.29, 0.717) is 11.1 Å². The van der Waals surface area contributed by atoms with Crippen molar-refractivity contribution in [2.45, 2.75) is 64.8 Å². The summed E-state index contributed by atoms with van der Waals surface area (Å²) in [5.41, 5.74) is -5.81. The molecule has 18 heteroatoms. The van der Waals surface area contributed by atoms with Crippen molar-refractivity contribution in [3.63, 3.8) is 0 Å². The van der Waals surface area contributed by atoms with Crippen molar-refractivity contribution in [1.82, 2.24) is 14.8 Å². The molecule has 2 N–H and O–H groups in total. The molecule has 0 saturated carbocycles. The maximum absolute atomic E-state index is 14.6. The molecule has 3 unspecified atom stereocenters. The van der Waals surface area contributed by atoms with E-state index in [1.54, 1.807) is 43.3 Å². The molecule has 0 bridgehead atoms. The van der Waals surface area contributed by atoms with Gasteiger partial charge in [-0.25, -0.2) is 4.39 Å². The molecule has 0 fully saturated rings. The third kappa shape index (κ3) is 7.79. The smallest absolute Gasteiger partial charge is 0.368 e. The number of aromatic nitrogens is 3. The predicted molar refractivity (Wildman–Crippen MR) is 212 cm³/mol. The van der Waals surface area contributed by atoms with Crippen LogP contribution in [0.15, 0.2) is 103 Å². The third-order valence-corrected chi connectivity index (χ3v) is 9.80. The number of alkyl halides is 6. The molecule has 3 aliphatic heterocycles. The van der Waals surface area contributed by atoms with Crippen LogP contribution in [0.3, 0.4) is 0 Å². The zero-order valence-corrected chi connectivity index (χ0v) is 29.9. The Morgan fingerprint density at radius 2 is 1.27 bits per heavy atom. The minimum atomic E-state index is -5.19. The second-order valence-corrected chi connectivity index (χ2v) is 13.6. The number of pyridine rings is 1. The highest BCUT2D eigenvalue weighted by molar-refractivity contribution is 6.08. The van der Waals surface area contributed by atoms with Gasteiger partial charge in [0.2, 0.25) is 0 Å². The molecule has 0 aliphatic carbocycles. The van der Waals surface area contributed by atoms with E-state index in [9.17, 15) is 50.5 Å². The number of anilines is 2. The fraction of sp³-hybridized carbons (Fsp3) is 0.286. The molecule has 0 spiro atoms. The fourth-order valence-electron chi connectivity index (χ4n) is 6.91. The highest BCUT2D eigenvalue weighted by atomic mass is 19.4. The standard InChI is InChI=1S/C20H15F4N3O2.C19H16F3N4O2.3CH4/c1-26-11-13(9-25-26)14-7-6-12(8-16(14)21)10-27-17-5-3-2-4-15(17)19(29,18(27)28)20(22,23)24;1-25-11-13(9-24-25)15-7-6-12(8-23-15)10-26-16-5-3-2-4-14(16)18(28,17(26)27)19(20,21)22;;;/h2-9,11,29H,10H2,1H3;2-9,11,13,28H,10H2,1H3;3*1H4/q;+1;;;. The second kappa shape index (κ2) is 16.8. The maximum atomic E-state index is 14.6.